The van der Waals surface area contributed by atoms with Crippen molar-refractivity contribution in [3.63, 3.8) is 0 Å². The van der Waals surface area contributed by atoms with E-state index < -0.39 is 0 Å². The van der Waals surface area contributed by atoms with E-state index in [1.807, 2.05) is 12.1 Å². The minimum atomic E-state index is 0.498. The molecule has 0 aromatic heterocycles. The molecular weight excluding hydrogens is 224 g/mol. The van der Waals surface area contributed by atoms with E-state index in [2.05, 4.69) is 37.4 Å². The number of likely N-dealkylation sites (N-methyl/N-ethyl adjacent to an activating group) is 1. The van der Waals surface area contributed by atoms with E-state index in [0.29, 0.717) is 19.1 Å². The summed E-state index contributed by atoms with van der Waals surface area (Å²) in [7, 11) is 0. The third-order valence-corrected chi connectivity index (χ3v) is 2.72. The van der Waals surface area contributed by atoms with Gasteiger partial charge in [0.05, 0.1) is 12.7 Å². The number of hydrogen-bond acceptors (Lipinski definition) is 3. The molecule has 1 aromatic carbocycles. The number of rotatable bonds is 8. The molecule has 0 aliphatic carbocycles. The van der Waals surface area contributed by atoms with Gasteiger partial charge in [0.1, 0.15) is 5.75 Å². The molecule has 98 valence electrons. The van der Waals surface area contributed by atoms with Crippen molar-refractivity contribution in [2.45, 2.75) is 39.2 Å². The summed E-state index contributed by atoms with van der Waals surface area (Å²) >= 11 is 0. The fourth-order valence-corrected chi connectivity index (χ4v) is 1.84. The molecule has 0 bridgehead atoms. The Morgan fingerprint density at radius 3 is 2.67 bits per heavy atom. The number of hydrogen-bond donors (Lipinski definition) is 1. The lowest BCUT2D eigenvalue weighted by Crippen LogP contribution is -2.27. The molecule has 0 saturated carbocycles. The van der Waals surface area contributed by atoms with Crippen molar-refractivity contribution in [1.82, 2.24) is 5.32 Å². The Hall–Kier alpha value is -1.53. The van der Waals surface area contributed by atoms with Gasteiger partial charge in [0.2, 0.25) is 0 Å². The van der Waals surface area contributed by atoms with Crippen LogP contribution in [0.3, 0.4) is 0 Å². The minimum absolute atomic E-state index is 0.498. The maximum absolute atomic E-state index is 8.42. The molecule has 0 amide bonds. The van der Waals surface area contributed by atoms with Crippen molar-refractivity contribution >= 4 is 0 Å². The van der Waals surface area contributed by atoms with E-state index in [0.717, 1.165) is 25.1 Å². The molecule has 3 nitrogen and oxygen atoms in total. The molecule has 1 atom stereocenters. The molecule has 1 N–H and O–H groups in total. The zero-order chi connectivity index (χ0) is 13.2. The molecule has 0 heterocycles. The van der Waals surface area contributed by atoms with Gasteiger partial charge in [0, 0.05) is 12.5 Å². The topological polar surface area (TPSA) is 45.0 Å². The van der Waals surface area contributed by atoms with Gasteiger partial charge in [-0.1, -0.05) is 19.1 Å². The first-order valence-corrected chi connectivity index (χ1v) is 6.58. The SMILES string of the molecule is CCNC(C)Cc1ccc(OCCCC#N)cc1. The van der Waals surface area contributed by atoms with Crippen molar-refractivity contribution in [2.75, 3.05) is 13.2 Å². The second kappa shape index (κ2) is 8.54. The van der Waals surface area contributed by atoms with E-state index in [4.69, 9.17) is 10.00 Å². The fourth-order valence-electron chi connectivity index (χ4n) is 1.84. The Balaban J connectivity index is 2.35. The van der Waals surface area contributed by atoms with E-state index in [1.165, 1.54) is 5.56 Å². The second-order valence-electron chi connectivity index (χ2n) is 4.42. The highest BCUT2D eigenvalue weighted by Crippen LogP contribution is 2.13. The molecule has 0 aliphatic rings. The maximum atomic E-state index is 8.42. The highest BCUT2D eigenvalue weighted by atomic mass is 16.5. The summed E-state index contributed by atoms with van der Waals surface area (Å²) in [6.45, 7) is 5.92. The summed E-state index contributed by atoms with van der Waals surface area (Å²) < 4.78 is 5.55. The average molecular weight is 246 g/mol. The molecule has 0 radical (unpaired) electrons. The van der Waals surface area contributed by atoms with Crippen LogP contribution in [0.4, 0.5) is 0 Å². The molecule has 1 rings (SSSR count). The highest BCUT2D eigenvalue weighted by Gasteiger charge is 2.02. The molecule has 18 heavy (non-hydrogen) atoms. The molecule has 0 spiro atoms. The van der Waals surface area contributed by atoms with Crippen LogP contribution < -0.4 is 10.1 Å². The van der Waals surface area contributed by atoms with Gasteiger partial charge in [-0.3, -0.25) is 0 Å². The quantitative estimate of drug-likeness (QED) is 0.717. The molecule has 0 fully saturated rings. The number of nitrogens with one attached hydrogen (secondary N) is 1. The first-order valence-electron chi connectivity index (χ1n) is 6.58. The summed E-state index contributed by atoms with van der Waals surface area (Å²) in [5, 5.41) is 11.8. The monoisotopic (exact) mass is 246 g/mol. The molecule has 0 saturated heterocycles. The third kappa shape index (κ3) is 5.70. The summed E-state index contributed by atoms with van der Waals surface area (Å²) in [4.78, 5) is 0. The smallest absolute Gasteiger partial charge is 0.119 e. The Kier molecular flexibility index (Phi) is 6.90. The Labute approximate surface area is 110 Å². The molecular formula is C15H22N2O. The Bertz CT molecular complexity index is 367. The summed E-state index contributed by atoms with van der Waals surface area (Å²) in [5.41, 5.74) is 1.31. The summed E-state index contributed by atoms with van der Waals surface area (Å²) in [6, 6.07) is 10.8. The fraction of sp³-hybridized carbons (Fsp3) is 0.533. The van der Waals surface area contributed by atoms with Gasteiger partial charge in [-0.25, -0.2) is 0 Å². The van der Waals surface area contributed by atoms with Crippen LogP contribution in [0.15, 0.2) is 24.3 Å². The van der Waals surface area contributed by atoms with Gasteiger partial charge in [-0.15, -0.1) is 0 Å². The normalized spacial score (nSPS) is 11.8. The molecule has 0 aliphatic heterocycles. The van der Waals surface area contributed by atoms with Crippen LogP contribution >= 0.6 is 0 Å². The van der Waals surface area contributed by atoms with Crippen LogP contribution in [0.2, 0.25) is 0 Å². The number of benzene rings is 1. The number of ether oxygens (including phenoxy) is 1. The van der Waals surface area contributed by atoms with Crippen molar-refractivity contribution in [3.05, 3.63) is 29.8 Å². The predicted octanol–water partition coefficient (Wildman–Crippen LogP) is 2.91. The van der Waals surface area contributed by atoms with Crippen LogP contribution in [0, 0.1) is 11.3 Å². The Morgan fingerprint density at radius 2 is 2.06 bits per heavy atom. The maximum Gasteiger partial charge on any atom is 0.119 e. The van der Waals surface area contributed by atoms with Crippen molar-refractivity contribution in [3.8, 4) is 11.8 Å². The highest BCUT2D eigenvalue weighted by molar-refractivity contribution is 5.27. The lowest BCUT2D eigenvalue weighted by Gasteiger charge is -2.12. The van der Waals surface area contributed by atoms with E-state index in [9.17, 15) is 0 Å². The van der Waals surface area contributed by atoms with Crippen LogP contribution in [0.1, 0.15) is 32.3 Å². The molecule has 1 aromatic rings. The minimum Gasteiger partial charge on any atom is -0.494 e. The zero-order valence-electron chi connectivity index (χ0n) is 11.3. The average Bonchev–Trinajstić information content (AvgIpc) is 2.37. The third-order valence-electron chi connectivity index (χ3n) is 2.72. The predicted molar refractivity (Wildman–Crippen MR) is 73.6 cm³/mol. The lowest BCUT2D eigenvalue weighted by atomic mass is 10.1. The van der Waals surface area contributed by atoms with Gasteiger partial charge >= 0.3 is 0 Å². The lowest BCUT2D eigenvalue weighted by molar-refractivity contribution is 0.312. The van der Waals surface area contributed by atoms with Gasteiger partial charge in [-0.05, 0) is 44.0 Å². The summed E-state index contributed by atoms with van der Waals surface area (Å²) in [6.07, 6.45) is 2.37. The van der Waals surface area contributed by atoms with Gasteiger partial charge < -0.3 is 10.1 Å². The number of nitriles is 1. The summed E-state index contributed by atoms with van der Waals surface area (Å²) in [5.74, 6) is 0.882. The van der Waals surface area contributed by atoms with Gasteiger partial charge in [0.25, 0.3) is 0 Å². The molecule has 1 unspecified atom stereocenters. The van der Waals surface area contributed by atoms with Crippen molar-refractivity contribution in [1.29, 1.82) is 5.26 Å². The number of nitrogens with zero attached hydrogens (tertiary/aromatic N) is 1. The van der Waals surface area contributed by atoms with Crippen molar-refractivity contribution < 1.29 is 4.74 Å². The van der Waals surface area contributed by atoms with Gasteiger partial charge in [-0.2, -0.15) is 5.26 Å². The van der Waals surface area contributed by atoms with Crippen LogP contribution in [-0.4, -0.2) is 19.2 Å². The van der Waals surface area contributed by atoms with E-state index >= 15 is 0 Å². The standard InChI is InChI=1S/C15H22N2O/c1-3-17-13(2)12-14-6-8-15(9-7-14)18-11-5-4-10-16/h6-9,13,17H,3-5,11-12H2,1-2H3. The van der Waals surface area contributed by atoms with E-state index in [-0.39, 0.29) is 0 Å². The molecule has 3 heteroatoms. The van der Waals surface area contributed by atoms with Crippen molar-refractivity contribution in [2.24, 2.45) is 0 Å². The van der Waals surface area contributed by atoms with E-state index in [1.54, 1.807) is 0 Å². The van der Waals surface area contributed by atoms with Crippen LogP contribution in [-0.2, 0) is 6.42 Å². The van der Waals surface area contributed by atoms with Crippen LogP contribution in [0.5, 0.6) is 5.75 Å². The van der Waals surface area contributed by atoms with Gasteiger partial charge in [0.15, 0.2) is 0 Å². The second-order valence-corrected chi connectivity index (χ2v) is 4.42. The zero-order valence-corrected chi connectivity index (χ0v) is 11.3. The van der Waals surface area contributed by atoms with Crippen LogP contribution in [0.25, 0.3) is 0 Å². The Morgan fingerprint density at radius 1 is 1.33 bits per heavy atom. The number of unbranched alkanes of at least 4 members (excludes halogenated alkanes) is 1. The largest absolute Gasteiger partial charge is 0.494 e. The first-order chi connectivity index (χ1) is 8.76. The first kappa shape index (κ1) is 14.5.